The van der Waals surface area contributed by atoms with Crippen molar-refractivity contribution in [3.05, 3.63) is 99.6 Å². The number of carbonyl (C=O) groups is 1. The number of nitrogens with one attached hydrogen (secondary N) is 1. The van der Waals surface area contributed by atoms with E-state index in [4.69, 9.17) is 0 Å². The first-order valence-electron chi connectivity index (χ1n) is 11.3. The third-order valence-electron chi connectivity index (χ3n) is 6.24. The van der Waals surface area contributed by atoms with E-state index in [1.807, 2.05) is 4.90 Å². The van der Waals surface area contributed by atoms with E-state index in [1.54, 1.807) is 35.4 Å². The van der Waals surface area contributed by atoms with Gasteiger partial charge in [0.15, 0.2) is 0 Å². The van der Waals surface area contributed by atoms with Gasteiger partial charge in [-0.15, -0.1) is 0 Å². The summed E-state index contributed by atoms with van der Waals surface area (Å²) in [4.78, 5) is 33.0. The van der Waals surface area contributed by atoms with Gasteiger partial charge in [-0.2, -0.15) is 19.1 Å². The van der Waals surface area contributed by atoms with Crippen molar-refractivity contribution in [1.82, 2.24) is 20.1 Å². The van der Waals surface area contributed by atoms with Gasteiger partial charge in [-0.3, -0.25) is 9.59 Å². The summed E-state index contributed by atoms with van der Waals surface area (Å²) in [6, 6.07) is 16.8. The number of alkyl halides is 2. The molecule has 2 aromatic heterocycles. The highest BCUT2D eigenvalue weighted by Crippen LogP contribution is 2.37. The molecule has 0 radical (unpaired) electrons. The van der Waals surface area contributed by atoms with Gasteiger partial charge in [0, 0.05) is 48.9 Å². The quantitative estimate of drug-likeness (QED) is 0.475. The number of aromatic amines is 1. The molecule has 1 aliphatic heterocycles. The minimum Gasteiger partial charge on any atom is -0.352 e. The molecule has 4 aromatic rings. The lowest BCUT2D eigenvalue weighted by Crippen LogP contribution is -2.49. The summed E-state index contributed by atoms with van der Waals surface area (Å²) in [5.41, 5.74) is -0.954. The highest BCUT2D eigenvalue weighted by molar-refractivity contribution is 5.94. The predicted molar refractivity (Wildman–Crippen MR) is 129 cm³/mol. The van der Waals surface area contributed by atoms with Gasteiger partial charge in [-0.25, -0.2) is 10.1 Å². The van der Waals surface area contributed by atoms with Crippen LogP contribution in [-0.4, -0.2) is 52.2 Å². The molecule has 0 atom stereocenters. The first kappa shape index (κ1) is 23.1. The summed E-state index contributed by atoms with van der Waals surface area (Å²) in [6.07, 6.45) is 1.61. The van der Waals surface area contributed by atoms with E-state index in [0.717, 1.165) is 0 Å². The van der Waals surface area contributed by atoms with Crippen molar-refractivity contribution in [2.75, 3.05) is 31.1 Å². The number of hydrogen-bond acceptors (Lipinski definition) is 6. The zero-order chi connectivity index (χ0) is 25.3. The molecular weight excluding hydrogens is 466 g/mol. The largest absolute Gasteiger partial charge is 0.352 e. The Balaban J connectivity index is 1.38. The summed E-state index contributed by atoms with van der Waals surface area (Å²) in [6.45, 7) is 1.63. The molecule has 1 saturated heterocycles. The maximum atomic E-state index is 15.6. The molecule has 0 spiro atoms. The molecule has 180 valence electrons. The number of aromatic nitrogens is 3. The van der Waals surface area contributed by atoms with Crippen molar-refractivity contribution >= 4 is 22.5 Å². The maximum absolute atomic E-state index is 15.6. The number of fused-ring (bicyclic) bond motifs is 1. The smallest absolute Gasteiger partial charge is 0.317 e. The third-order valence-corrected chi connectivity index (χ3v) is 6.24. The molecule has 1 fully saturated rings. The van der Waals surface area contributed by atoms with E-state index >= 15 is 8.78 Å². The van der Waals surface area contributed by atoms with E-state index in [-0.39, 0.29) is 22.2 Å². The molecule has 0 saturated carbocycles. The van der Waals surface area contributed by atoms with Crippen molar-refractivity contribution in [3.8, 4) is 6.07 Å². The van der Waals surface area contributed by atoms with Crippen molar-refractivity contribution in [3.63, 3.8) is 0 Å². The van der Waals surface area contributed by atoms with Crippen LogP contribution in [0.3, 0.4) is 0 Å². The van der Waals surface area contributed by atoms with Crippen LogP contribution in [0.5, 0.6) is 0 Å². The zero-order valence-electron chi connectivity index (χ0n) is 19.0. The van der Waals surface area contributed by atoms with Gasteiger partial charge >= 0.3 is 5.92 Å². The average molecular weight is 486 g/mol. The number of benzene rings is 2. The molecule has 10 heteroatoms. The van der Waals surface area contributed by atoms with Crippen LogP contribution < -0.4 is 10.5 Å². The molecule has 8 nitrogen and oxygen atoms in total. The van der Waals surface area contributed by atoms with E-state index in [0.29, 0.717) is 37.6 Å². The summed E-state index contributed by atoms with van der Waals surface area (Å²) in [5, 5.41) is 15.3. The van der Waals surface area contributed by atoms with Crippen molar-refractivity contribution in [1.29, 1.82) is 5.26 Å². The Morgan fingerprint density at radius 3 is 2.50 bits per heavy atom. The van der Waals surface area contributed by atoms with Crippen LogP contribution in [0.2, 0.25) is 0 Å². The summed E-state index contributed by atoms with van der Waals surface area (Å²) >= 11 is 0. The summed E-state index contributed by atoms with van der Waals surface area (Å²) in [5.74, 6) is -3.35. The molecule has 36 heavy (non-hydrogen) atoms. The van der Waals surface area contributed by atoms with Gasteiger partial charge in [0.25, 0.3) is 11.5 Å². The molecule has 0 unspecified atom stereocenters. The fraction of sp³-hybridized carbons (Fsp3) is 0.192. The molecule has 1 N–H and O–H groups in total. The van der Waals surface area contributed by atoms with Gasteiger partial charge in [0.05, 0.1) is 10.9 Å². The van der Waals surface area contributed by atoms with Crippen molar-refractivity contribution in [2.24, 2.45) is 0 Å². The second-order valence-electron chi connectivity index (χ2n) is 8.37. The number of rotatable bonds is 4. The lowest BCUT2D eigenvalue weighted by Gasteiger charge is -2.35. The van der Waals surface area contributed by atoms with Gasteiger partial charge < -0.3 is 9.80 Å². The lowest BCUT2D eigenvalue weighted by atomic mass is 9.98. The lowest BCUT2D eigenvalue weighted by molar-refractivity contribution is 0.0387. The number of amides is 1. The van der Waals surface area contributed by atoms with Crippen LogP contribution in [0.25, 0.3) is 10.8 Å². The number of anilines is 1. The highest BCUT2D eigenvalue weighted by Gasteiger charge is 2.38. The number of H-pyrrole nitrogens is 1. The Hall–Kier alpha value is -4.65. The van der Waals surface area contributed by atoms with Crippen LogP contribution in [0, 0.1) is 11.3 Å². The maximum Gasteiger partial charge on any atom is 0.317 e. The highest BCUT2D eigenvalue weighted by atomic mass is 19.3. The average Bonchev–Trinajstić information content (AvgIpc) is 2.93. The summed E-state index contributed by atoms with van der Waals surface area (Å²) in [7, 11) is 0. The molecule has 0 aliphatic carbocycles. The number of carbonyl (C=O) groups excluding carboxylic acids is 1. The van der Waals surface area contributed by atoms with E-state index in [9.17, 15) is 14.9 Å². The first-order chi connectivity index (χ1) is 17.4. The topological polar surface area (TPSA) is 106 Å². The van der Waals surface area contributed by atoms with E-state index in [2.05, 4.69) is 21.3 Å². The molecule has 5 rings (SSSR count). The van der Waals surface area contributed by atoms with Crippen LogP contribution >= 0.6 is 0 Å². The SMILES string of the molecule is N#Cc1cccnc1N1CCN(C(=O)c2cccc(C(F)(F)c3n[nH]c(=O)c4ccccc34)c2)CC1. The number of pyridine rings is 1. The second kappa shape index (κ2) is 9.19. The Labute approximate surface area is 204 Å². The number of nitriles is 1. The first-order valence-corrected chi connectivity index (χ1v) is 11.3. The van der Waals surface area contributed by atoms with Gasteiger partial charge in [-0.05, 0) is 30.3 Å². The Morgan fingerprint density at radius 2 is 1.75 bits per heavy atom. The Kier molecular flexibility index (Phi) is 5.90. The van der Waals surface area contributed by atoms with Gasteiger partial charge in [-0.1, -0.05) is 30.3 Å². The number of halogens is 2. The van der Waals surface area contributed by atoms with Crippen molar-refractivity contribution in [2.45, 2.75) is 5.92 Å². The summed E-state index contributed by atoms with van der Waals surface area (Å²) < 4.78 is 31.2. The minimum absolute atomic E-state index is 0.0466. The predicted octanol–water partition coefficient (Wildman–Crippen LogP) is 3.29. The van der Waals surface area contributed by atoms with Crippen molar-refractivity contribution < 1.29 is 13.6 Å². The Morgan fingerprint density at radius 1 is 1.00 bits per heavy atom. The van der Waals surface area contributed by atoms with Crippen LogP contribution in [-0.2, 0) is 5.92 Å². The molecule has 1 amide bonds. The monoisotopic (exact) mass is 486 g/mol. The normalized spacial score (nSPS) is 14.0. The minimum atomic E-state index is -3.55. The molecule has 1 aliphatic rings. The third kappa shape index (κ3) is 4.05. The van der Waals surface area contributed by atoms with E-state index < -0.39 is 22.7 Å². The Bertz CT molecular complexity index is 1550. The fourth-order valence-corrected chi connectivity index (χ4v) is 4.38. The van der Waals surface area contributed by atoms with E-state index in [1.165, 1.54) is 36.4 Å². The van der Waals surface area contributed by atoms with Crippen LogP contribution in [0.1, 0.15) is 27.2 Å². The standard InChI is InChI=1S/C26H20F2N6O2/c27-26(28,22-20-8-1-2-9-21(20)24(35)32-31-22)19-7-3-5-17(15-19)25(36)34-13-11-33(12-14-34)23-18(16-29)6-4-10-30-23/h1-10,15H,11-14H2,(H,32,35). The van der Waals surface area contributed by atoms with Crippen LogP contribution in [0.4, 0.5) is 14.6 Å². The molecule has 0 bridgehead atoms. The molecule has 3 heterocycles. The van der Waals surface area contributed by atoms with Gasteiger partial charge in [0.2, 0.25) is 0 Å². The van der Waals surface area contributed by atoms with Gasteiger partial charge in [0.1, 0.15) is 17.6 Å². The molecular formula is C26H20F2N6O2. The fourth-order valence-electron chi connectivity index (χ4n) is 4.38. The second-order valence-corrected chi connectivity index (χ2v) is 8.37. The number of nitrogens with zero attached hydrogens (tertiary/aromatic N) is 5. The number of piperazine rings is 1. The van der Waals surface area contributed by atoms with Crippen LogP contribution in [0.15, 0.2) is 71.7 Å². The number of hydrogen-bond donors (Lipinski definition) is 1. The zero-order valence-corrected chi connectivity index (χ0v) is 19.0. The molecule has 2 aromatic carbocycles.